The first-order valence-corrected chi connectivity index (χ1v) is 10.6. The first-order valence-electron chi connectivity index (χ1n) is 9.62. The first-order chi connectivity index (χ1) is 12.6. The molecular formula is C21H29N3OS. The highest BCUT2D eigenvalue weighted by molar-refractivity contribution is 7.99. The van der Waals surface area contributed by atoms with E-state index < -0.39 is 0 Å². The normalized spacial score (nSPS) is 15.6. The molecule has 0 atom stereocenters. The Kier molecular flexibility index (Phi) is 6.41. The molecule has 26 heavy (non-hydrogen) atoms. The lowest BCUT2D eigenvalue weighted by Crippen LogP contribution is -2.39. The molecule has 0 spiro atoms. The van der Waals surface area contributed by atoms with Crippen molar-refractivity contribution in [3.8, 4) is 0 Å². The molecule has 5 heteroatoms. The fourth-order valence-corrected chi connectivity index (χ4v) is 4.46. The van der Waals surface area contributed by atoms with Crippen LogP contribution >= 0.6 is 11.8 Å². The molecule has 0 radical (unpaired) electrons. The summed E-state index contributed by atoms with van der Waals surface area (Å²) in [5, 5.41) is 0. The van der Waals surface area contributed by atoms with Crippen LogP contribution in [0, 0.1) is 5.92 Å². The van der Waals surface area contributed by atoms with Gasteiger partial charge >= 0.3 is 0 Å². The van der Waals surface area contributed by atoms with Crippen LogP contribution in [0.5, 0.6) is 0 Å². The number of aromatic nitrogens is 2. The van der Waals surface area contributed by atoms with E-state index in [1.807, 2.05) is 29.3 Å². The largest absolute Gasteiger partial charge is 0.339 e. The second kappa shape index (κ2) is 8.76. The van der Waals surface area contributed by atoms with E-state index >= 15 is 0 Å². The minimum atomic E-state index is 0.186. The fraction of sp³-hybridized carbons (Fsp3) is 0.524. The maximum Gasteiger partial charge on any atom is 0.254 e. The zero-order valence-corrected chi connectivity index (χ0v) is 16.8. The summed E-state index contributed by atoms with van der Waals surface area (Å²) in [6.45, 7) is 9.20. The Balaban J connectivity index is 1.60. The van der Waals surface area contributed by atoms with Gasteiger partial charge in [0.25, 0.3) is 5.91 Å². The number of carbonyl (C=O) groups is 1. The van der Waals surface area contributed by atoms with Crippen molar-refractivity contribution in [3.63, 3.8) is 0 Å². The molecule has 1 aliphatic rings. The summed E-state index contributed by atoms with van der Waals surface area (Å²) in [4.78, 5) is 20.6. The smallest absolute Gasteiger partial charge is 0.254 e. The lowest BCUT2D eigenvalue weighted by molar-refractivity contribution is 0.0679. The van der Waals surface area contributed by atoms with E-state index in [9.17, 15) is 4.79 Å². The first kappa shape index (κ1) is 19.0. The molecule has 1 saturated heterocycles. The molecule has 0 bridgehead atoms. The van der Waals surface area contributed by atoms with Crippen LogP contribution in [0.15, 0.2) is 41.6 Å². The number of likely N-dealkylation sites (tertiary alicyclic amines) is 1. The average molecular weight is 372 g/mol. The molecule has 0 aliphatic carbocycles. The Hall–Kier alpha value is -1.75. The van der Waals surface area contributed by atoms with Crippen LogP contribution < -0.4 is 0 Å². The van der Waals surface area contributed by atoms with Gasteiger partial charge in [-0.3, -0.25) is 4.79 Å². The zero-order chi connectivity index (χ0) is 18.5. The van der Waals surface area contributed by atoms with E-state index in [-0.39, 0.29) is 5.91 Å². The van der Waals surface area contributed by atoms with Crippen LogP contribution in [0.4, 0.5) is 0 Å². The maximum absolute atomic E-state index is 13.0. The molecule has 3 rings (SSSR count). The zero-order valence-electron chi connectivity index (χ0n) is 16.0. The van der Waals surface area contributed by atoms with Gasteiger partial charge < -0.3 is 9.47 Å². The third-order valence-corrected chi connectivity index (χ3v) is 5.99. The van der Waals surface area contributed by atoms with E-state index in [1.165, 1.54) is 0 Å². The number of imidazole rings is 1. The highest BCUT2D eigenvalue weighted by Gasteiger charge is 2.25. The average Bonchev–Trinajstić information content (AvgIpc) is 3.11. The molecule has 1 aromatic carbocycles. The van der Waals surface area contributed by atoms with Gasteiger partial charge in [-0.25, -0.2) is 4.98 Å². The van der Waals surface area contributed by atoms with Gasteiger partial charge in [-0.15, -0.1) is 11.8 Å². The van der Waals surface area contributed by atoms with Gasteiger partial charge in [0.1, 0.15) is 5.82 Å². The van der Waals surface area contributed by atoms with E-state index in [0.717, 1.165) is 54.5 Å². The molecule has 1 fully saturated rings. The van der Waals surface area contributed by atoms with E-state index in [4.69, 9.17) is 0 Å². The Morgan fingerprint density at radius 3 is 2.69 bits per heavy atom. The van der Waals surface area contributed by atoms with Crippen molar-refractivity contribution in [3.05, 3.63) is 48.0 Å². The quantitative estimate of drug-likeness (QED) is 0.693. The monoisotopic (exact) mass is 371 g/mol. The number of carbonyl (C=O) groups excluding carboxylic acids is 1. The molecule has 140 valence electrons. The number of hydrogen-bond acceptors (Lipinski definition) is 3. The third-order valence-electron chi connectivity index (χ3n) is 5.04. The maximum atomic E-state index is 13.0. The van der Waals surface area contributed by atoms with Gasteiger partial charge in [0, 0.05) is 42.8 Å². The molecule has 1 aromatic heterocycles. The van der Waals surface area contributed by atoms with Gasteiger partial charge in [0.05, 0.1) is 5.56 Å². The SMILES string of the molecule is CCSc1ccccc1C(=O)N1CCC(Cn2ccnc2C(C)C)CC1. The molecule has 0 N–H and O–H groups in total. The van der Waals surface area contributed by atoms with E-state index in [0.29, 0.717) is 11.8 Å². The Labute approximate surface area is 161 Å². The number of rotatable bonds is 6. The lowest BCUT2D eigenvalue weighted by Gasteiger charge is -2.33. The van der Waals surface area contributed by atoms with Crippen molar-refractivity contribution in [1.29, 1.82) is 0 Å². The van der Waals surface area contributed by atoms with Crippen molar-refractivity contribution in [2.45, 2.75) is 51.0 Å². The molecule has 2 heterocycles. The molecule has 0 saturated carbocycles. The summed E-state index contributed by atoms with van der Waals surface area (Å²) >= 11 is 1.74. The highest BCUT2D eigenvalue weighted by atomic mass is 32.2. The van der Waals surface area contributed by atoms with Gasteiger partial charge in [0.15, 0.2) is 0 Å². The summed E-state index contributed by atoms with van der Waals surface area (Å²) in [6.07, 6.45) is 6.11. The van der Waals surface area contributed by atoms with Crippen molar-refractivity contribution in [2.24, 2.45) is 5.92 Å². The van der Waals surface area contributed by atoms with Gasteiger partial charge in [-0.05, 0) is 36.6 Å². The van der Waals surface area contributed by atoms with Gasteiger partial charge in [-0.1, -0.05) is 32.9 Å². The van der Waals surface area contributed by atoms with Crippen LogP contribution in [0.3, 0.4) is 0 Å². The van der Waals surface area contributed by atoms with Crippen molar-refractivity contribution >= 4 is 17.7 Å². The number of piperidine rings is 1. The third kappa shape index (κ3) is 4.32. The Bertz CT molecular complexity index is 732. The number of amides is 1. The van der Waals surface area contributed by atoms with Crippen molar-refractivity contribution in [1.82, 2.24) is 14.5 Å². The summed E-state index contributed by atoms with van der Waals surface area (Å²) in [5.41, 5.74) is 0.856. The van der Waals surface area contributed by atoms with Gasteiger partial charge in [0.2, 0.25) is 0 Å². The number of nitrogens with zero attached hydrogens (tertiary/aromatic N) is 3. The van der Waals surface area contributed by atoms with Crippen molar-refractivity contribution in [2.75, 3.05) is 18.8 Å². The van der Waals surface area contributed by atoms with Crippen LogP contribution in [-0.4, -0.2) is 39.2 Å². The summed E-state index contributed by atoms with van der Waals surface area (Å²) in [6, 6.07) is 8.00. The minimum absolute atomic E-state index is 0.186. The van der Waals surface area contributed by atoms with Crippen LogP contribution in [0.2, 0.25) is 0 Å². The summed E-state index contributed by atoms with van der Waals surface area (Å²) in [7, 11) is 0. The molecule has 0 unspecified atom stereocenters. The lowest BCUT2D eigenvalue weighted by atomic mass is 9.96. The van der Waals surface area contributed by atoms with Gasteiger partial charge in [-0.2, -0.15) is 0 Å². The summed E-state index contributed by atoms with van der Waals surface area (Å²) < 4.78 is 2.29. The van der Waals surface area contributed by atoms with Crippen molar-refractivity contribution < 1.29 is 4.79 Å². The topological polar surface area (TPSA) is 38.1 Å². The predicted octanol–water partition coefficient (Wildman–Crippen LogP) is 4.67. The van der Waals surface area contributed by atoms with Crippen LogP contribution in [0.25, 0.3) is 0 Å². The fourth-order valence-electron chi connectivity index (χ4n) is 3.67. The highest BCUT2D eigenvalue weighted by Crippen LogP contribution is 2.26. The number of benzene rings is 1. The predicted molar refractivity (Wildman–Crippen MR) is 108 cm³/mol. The standard InChI is InChI=1S/C21H29N3OS/c1-4-26-19-8-6-5-7-18(19)21(25)23-12-9-17(10-13-23)15-24-14-11-22-20(24)16(2)3/h5-8,11,14,16-17H,4,9-10,12-13,15H2,1-3H3. The summed E-state index contributed by atoms with van der Waals surface area (Å²) in [5.74, 6) is 3.39. The Morgan fingerprint density at radius 2 is 2.00 bits per heavy atom. The van der Waals surface area contributed by atoms with Crippen LogP contribution in [-0.2, 0) is 6.54 Å². The second-order valence-corrected chi connectivity index (χ2v) is 8.56. The van der Waals surface area contributed by atoms with E-state index in [1.54, 1.807) is 11.8 Å². The second-order valence-electron chi connectivity index (χ2n) is 7.26. The molecule has 2 aromatic rings. The van der Waals surface area contributed by atoms with Crippen LogP contribution in [0.1, 0.15) is 55.7 Å². The van der Waals surface area contributed by atoms with E-state index in [2.05, 4.69) is 42.6 Å². The number of thioether (sulfide) groups is 1. The molecular weight excluding hydrogens is 342 g/mol. The number of hydrogen-bond donors (Lipinski definition) is 0. The molecule has 4 nitrogen and oxygen atoms in total. The minimum Gasteiger partial charge on any atom is -0.339 e. The Morgan fingerprint density at radius 1 is 1.27 bits per heavy atom. The molecule has 1 amide bonds. The molecule has 1 aliphatic heterocycles.